The summed E-state index contributed by atoms with van der Waals surface area (Å²) in [5, 5.41) is 2.22. The fraction of sp³-hybridized carbons (Fsp3) is 0.154. The van der Waals surface area contributed by atoms with Crippen molar-refractivity contribution in [1.82, 2.24) is 4.31 Å². The van der Waals surface area contributed by atoms with Crippen LogP contribution in [0.4, 0.5) is 0 Å². The number of ether oxygens (including phenoxy) is 1. The van der Waals surface area contributed by atoms with Gasteiger partial charge in [-0.2, -0.15) is 4.31 Å². The van der Waals surface area contributed by atoms with E-state index >= 15 is 0 Å². The van der Waals surface area contributed by atoms with Gasteiger partial charge < -0.3 is 4.74 Å². The largest absolute Gasteiger partial charge is 0.497 e. The molecule has 5 heteroatoms. The van der Waals surface area contributed by atoms with E-state index in [2.05, 4.69) is 24.3 Å². The molecule has 0 radical (unpaired) electrons. The molecule has 0 aromatic heterocycles. The molecule has 4 aromatic rings. The van der Waals surface area contributed by atoms with Crippen molar-refractivity contribution < 1.29 is 13.2 Å². The average molecular weight is 430 g/mol. The molecule has 0 saturated heterocycles. The molecular weight excluding hydrogens is 406 g/mol. The van der Waals surface area contributed by atoms with Crippen LogP contribution in [-0.4, -0.2) is 19.8 Å². The molecule has 0 aliphatic carbocycles. The number of benzene rings is 4. The van der Waals surface area contributed by atoms with Crippen molar-refractivity contribution in [3.8, 4) is 16.9 Å². The zero-order valence-corrected chi connectivity index (χ0v) is 18.3. The minimum atomic E-state index is -3.59. The predicted molar refractivity (Wildman–Crippen MR) is 124 cm³/mol. The van der Waals surface area contributed by atoms with E-state index in [1.807, 2.05) is 49.4 Å². The highest BCUT2D eigenvalue weighted by molar-refractivity contribution is 7.89. The van der Waals surface area contributed by atoms with Gasteiger partial charge >= 0.3 is 0 Å². The second kappa shape index (κ2) is 7.52. The lowest BCUT2D eigenvalue weighted by atomic mass is 9.91. The number of sulfonamides is 1. The zero-order chi connectivity index (χ0) is 21.6. The first-order chi connectivity index (χ1) is 15.0. The summed E-state index contributed by atoms with van der Waals surface area (Å²) in [7, 11) is -1.93. The number of aryl methyl sites for hydroxylation is 1. The summed E-state index contributed by atoms with van der Waals surface area (Å²) in [6, 6.07) is 25.4. The third kappa shape index (κ3) is 3.40. The van der Waals surface area contributed by atoms with Gasteiger partial charge in [-0.3, -0.25) is 0 Å². The molecule has 156 valence electrons. The van der Waals surface area contributed by atoms with Crippen LogP contribution in [0, 0.1) is 6.92 Å². The van der Waals surface area contributed by atoms with E-state index in [0.29, 0.717) is 18.0 Å². The summed E-state index contributed by atoms with van der Waals surface area (Å²) >= 11 is 0. The number of methoxy groups -OCH3 is 1. The third-order valence-corrected chi connectivity index (χ3v) is 7.75. The second-order valence-corrected chi connectivity index (χ2v) is 9.87. The standard InChI is InChI=1S/C26H23NO3S/c1-18-10-12-23(13-11-18)31(28,29)27-16-21-14-19-6-3-4-9-24(19)26(25(21)17-27)20-7-5-8-22(15-20)30-2/h3-15H,16-17H2,1-2H3. The Bertz CT molecular complexity index is 1390. The van der Waals surface area contributed by atoms with E-state index in [1.54, 1.807) is 23.5 Å². The average Bonchev–Trinajstić information content (AvgIpc) is 3.22. The molecule has 0 fully saturated rings. The molecule has 0 atom stereocenters. The number of fused-ring (bicyclic) bond motifs is 2. The van der Waals surface area contributed by atoms with Gasteiger partial charge in [0.1, 0.15) is 5.75 Å². The summed E-state index contributed by atoms with van der Waals surface area (Å²) in [6.45, 7) is 2.67. The van der Waals surface area contributed by atoms with Gasteiger partial charge in [0.2, 0.25) is 10.0 Å². The van der Waals surface area contributed by atoms with E-state index in [0.717, 1.165) is 44.3 Å². The highest BCUT2D eigenvalue weighted by Crippen LogP contribution is 2.41. The Morgan fingerprint density at radius 3 is 2.42 bits per heavy atom. The summed E-state index contributed by atoms with van der Waals surface area (Å²) in [4.78, 5) is 0.332. The molecule has 31 heavy (non-hydrogen) atoms. The van der Waals surface area contributed by atoms with Crippen LogP contribution in [0.5, 0.6) is 5.75 Å². The van der Waals surface area contributed by atoms with E-state index < -0.39 is 10.0 Å². The van der Waals surface area contributed by atoms with Crippen molar-refractivity contribution >= 4 is 20.8 Å². The fourth-order valence-corrected chi connectivity index (χ4v) is 5.72. The van der Waals surface area contributed by atoms with Gasteiger partial charge in [0.15, 0.2) is 0 Å². The van der Waals surface area contributed by atoms with Gasteiger partial charge in [0, 0.05) is 13.1 Å². The van der Waals surface area contributed by atoms with Crippen LogP contribution >= 0.6 is 0 Å². The zero-order valence-electron chi connectivity index (χ0n) is 17.5. The van der Waals surface area contributed by atoms with Gasteiger partial charge in [0.25, 0.3) is 0 Å². The molecule has 1 heterocycles. The minimum absolute atomic E-state index is 0.332. The molecule has 0 unspecified atom stereocenters. The summed E-state index contributed by atoms with van der Waals surface area (Å²) < 4.78 is 33.7. The highest BCUT2D eigenvalue weighted by atomic mass is 32.2. The number of hydrogen-bond donors (Lipinski definition) is 0. The van der Waals surface area contributed by atoms with Crippen molar-refractivity contribution in [3.05, 3.63) is 95.6 Å². The Labute approximate surface area is 182 Å². The van der Waals surface area contributed by atoms with Crippen LogP contribution in [0.15, 0.2) is 83.8 Å². The Balaban J connectivity index is 1.66. The van der Waals surface area contributed by atoms with Gasteiger partial charge in [-0.15, -0.1) is 0 Å². The van der Waals surface area contributed by atoms with Crippen LogP contribution in [-0.2, 0) is 23.1 Å². The van der Waals surface area contributed by atoms with Crippen LogP contribution < -0.4 is 4.74 Å². The fourth-order valence-electron chi connectivity index (χ4n) is 4.33. The van der Waals surface area contributed by atoms with Gasteiger partial charge in [-0.05, 0) is 70.3 Å². The lowest BCUT2D eigenvalue weighted by Gasteiger charge is -2.16. The maximum Gasteiger partial charge on any atom is 0.243 e. The van der Waals surface area contributed by atoms with Gasteiger partial charge in [-0.1, -0.05) is 54.1 Å². The first-order valence-electron chi connectivity index (χ1n) is 10.2. The van der Waals surface area contributed by atoms with Crippen molar-refractivity contribution in [2.24, 2.45) is 0 Å². The summed E-state index contributed by atoms with van der Waals surface area (Å²) in [5.41, 5.74) is 5.25. The number of hydrogen-bond acceptors (Lipinski definition) is 3. The lowest BCUT2D eigenvalue weighted by molar-refractivity contribution is 0.415. The van der Waals surface area contributed by atoms with Crippen LogP contribution in [0.2, 0.25) is 0 Å². The first kappa shape index (κ1) is 19.8. The number of nitrogens with zero attached hydrogens (tertiary/aromatic N) is 1. The molecule has 0 N–H and O–H groups in total. The molecule has 5 rings (SSSR count). The van der Waals surface area contributed by atoms with Gasteiger partial charge in [-0.25, -0.2) is 8.42 Å². The Morgan fingerprint density at radius 1 is 0.871 bits per heavy atom. The van der Waals surface area contributed by atoms with E-state index in [-0.39, 0.29) is 0 Å². The third-order valence-electron chi connectivity index (χ3n) is 5.95. The Morgan fingerprint density at radius 2 is 1.65 bits per heavy atom. The molecule has 0 bridgehead atoms. The minimum Gasteiger partial charge on any atom is -0.497 e. The van der Waals surface area contributed by atoms with E-state index in [4.69, 9.17) is 4.74 Å². The summed E-state index contributed by atoms with van der Waals surface area (Å²) in [6.07, 6.45) is 0. The molecule has 4 nitrogen and oxygen atoms in total. The van der Waals surface area contributed by atoms with E-state index in [9.17, 15) is 8.42 Å². The number of rotatable bonds is 4. The maximum atomic E-state index is 13.4. The SMILES string of the molecule is COc1cccc(-c2c3c(cc4ccccc24)CN(S(=O)(=O)c2ccc(C)cc2)C3)c1. The molecule has 0 amide bonds. The smallest absolute Gasteiger partial charge is 0.243 e. The molecule has 0 spiro atoms. The van der Waals surface area contributed by atoms with Crippen LogP contribution in [0.25, 0.3) is 21.9 Å². The molecular formula is C26H23NO3S. The van der Waals surface area contributed by atoms with Gasteiger partial charge in [0.05, 0.1) is 12.0 Å². The normalized spacial score (nSPS) is 14.0. The van der Waals surface area contributed by atoms with E-state index in [1.165, 1.54) is 0 Å². The Hall–Kier alpha value is -3.15. The topological polar surface area (TPSA) is 46.6 Å². The quantitative estimate of drug-likeness (QED) is 0.429. The predicted octanol–water partition coefficient (Wildman–Crippen LogP) is 5.53. The van der Waals surface area contributed by atoms with Crippen LogP contribution in [0.1, 0.15) is 16.7 Å². The highest BCUT2D eigenvalue weighted by Gasteiger charge is 2.33. The van der Waals surface area contributed by atoms with Crippen molar-refractivity contribution in [3.63, 3.8) is 0 Å². The van der Waals surface area contributed by atoms with Crippen molar-refractivity contribution in [1.29, 1.82) is 0 Å². The van der Waals surface area contributed by atoms with Crippen LogP contribution in [0.3, 0.4) is 0 Å². The van der Waals surface area contributed by atoms with Crippen molar-refractivity contribution in [2.75, 3.05) is 7.11 Å². The maximum absolute atomic E-state index is 13.4. The molecule has 0 saturated carbocycles. The Kier molecular flexibility index (Phi) is 4.80. The van der Waals surface area contributed by atoms with Crippen molar-refractivity contribution in [2.45, 2.75) is 24.9 Å². The molecule has 1 aliphatic heterocycles. The lowest BCUT2D eigenvalue weighted by Crippen LogP contribution is -2.25. The summed E-state index contributed by atoms with van der Waals surface area (Å²) in [5.74, 6) is 0.779. The monoisotopic (exact) mass is 429 g/mol. The molecule has 1 aliphatic rings. The second-order valence-electron chi connectivity index (χ2n) is 7.93. The molecule has 4 aromatic carbocycles. The first-order valence-corrected chi connectivity index (χ1v) is 11.7.